The molecule has 3 atom stereocenters. The van der Waals surface area contributed by atoms with Gasteiger partial charge < -0.3 is 5.32 Å². The predicted octanol–water partition coefficient (Wildman–Crippen LogP) is 2.77. The van der Waals surface area contributed by atoms with Crippen LogP contribution < -0.4 is 5.32 Å². The lowest BCUT2D eigenvalue weighted by atomic mass is 9.78. The van der Waals surface area contributed by atoms with Crippen molar-refractivity contribution in [1.29, 1.82) is 0 Å². The van der Waals surface area contributed by atoms with Gasteiger partial charge in [-0.15, -0.1) is 0 Å². The van der Waals surface area contributed by atoms with E-state index in [0.29, 0.717) is 17.9 Å². The van der Waals surface area contributed by atoms with Gasteiger partial charge in [-0.25, -0.2) is 0 Å². The molecule has 15 heavy (non-hydrogen) atoms. The zero-order valence-corrected chi connectivity index (χ0v) is 10.8. The van der Waals surface area contributed by atoms with Crippen LogP contribution in [0.15, 0.2) is 0 Å². The summed E-state index contributed by atoms with van der Waals surface area (Å²) < 4.78 is 0. The molecule has 1 N–H and O–H groups in total. The summed E-state index contributed by atoms with van der Waals surface area (Å²) >= 11 is 0. The van der Waals surface area contributed by atoms with Gasteiger partial charge in [0.1, 0.15) is 5.78 Å². The first-order valence-corrected chi connectivity index (χ1v) is 6.12. The number of nitrogens with one attached hydrogen (secondary N) is 1. The van der Waals surface area contributed by atoms with Gasteiger partial charge in [0.2, 0.25) is 0 Å². The van der Waals surface area contributed by atoms with Crippen LogP contribution in [0.2, 0.25) is 0 Å². The minimum absolute atomic E-state index is 0.146. The Morgan fingerprint density at radius 1 is 1.33 bits per heavy atom. The van der Waals surface area contributed by atoms with Gasteiger partial charge in [0.25, 0.3) is 0 Å². The highest BCUT2D eigenvalue weighted by molar-refractivity contribution is 5.86. The van der Waals surface area contributed by atoms with Gasteiger partial charge in [0.05, 0.1) is 0 Å². The average Bonchev–Trinajstić information content (AvgIpc) is 2.14. The molecule has 0 aromatic heterocycles. The Balaban J connectivity index is 2.59. The van der Waals surface area contributed by atoms with Crippen molar-refractivity contribution >= 4 is 5.78 Å². The van der Waals surface area contributed by atoms with E-state index in [1.165, 1.54) is 12.8 Å². The highest BCUT2D eigenvalue weighted by atomic mass is 16.1. The van der Waals surface area contributed by atoms with Crippen LogP contribution in [0.4, 0.5) is 0 Å². The Morgan fingerprint density at radius 3 is 2.40 bits per heavy atom. The van der Waals surface area contributed by atoms with Gasteiger partial charge in [-0.05, 0) is 19.8 Å². The van der Waals surface area contributed by atoms with Crippen molar-refractivity contribution in [1.82, 2.24) is 5.32 Å². The third-order valence-corrected chi connectivity index (χ3v) is 3.41. The highest BCUT2D eigenvalue weighted by Crippen LogP contribution is 2.26. The van der Waals surface area contributed by atoms with Crippen molar-refractivity contribution in [2.45, 2.75) is 66.0 Å². The van der Waals surface area contributed by atoms with E-state index in [1.54, 1.807) is 0 Å². The van der Waals surface area contributed by atoms with Crippen molar-refractivity contribution in [3.8, 4) is 0 Å². The first-order valence-electron chi connectivity index (χ1n) is 6.12. The smallest absolute Gasteiger partial charge is 0.142 e. The van der Waals surface area contributed by atoms with Crippen LogP contribution in [-0.2, 0) is 4.79 Å². The number of ketones is 1. The normalized spacial score (nSPS) is 29.9. The molecular weight excluding hydrogens is 186 g/mol. The summed E-state index contributed by atoms with van der Waals surface area (Å²) in [7, 11) is 0. The molecule has 0 aromatic carbocycles. The molecule has 3 unspecified atom stereocenters. The van der Waals surface area contributed by atoms with Crippen LogP contribution >= 0.6 is 0 Å². The van der Waals surface area contributed by atoms with Crippen molar-refractivity contribution in [3.63, 3.8) is 0 Å². The van der Waals surface area contributed by atoms with E-state index >= 15 is 0 Å². The summed E-state index contributed by atoms with van der Waals surface area (Å²) in [5.41, 5.74) is -0.207. The van der Waals surface area contributed by atoms with E-state index in [2.05, 4.69) is 19.2 Å². The molecule has 1 fully saturated rings. The average molecular weight is 211 g/mol. The first kappa shape index (κ1) is 12.7. The quantitative estimate of drug-likeness (QED) is 0.761. The number of rotatable bonds is 2. The minimum atomic E-state index is -0.207. The number of carbonyl (C=O) groups is 1. The molecule has 0 bridgehead atoms. The van der Waals surface area contributed by atoms with Crippen molar-refractivity contribution in [3.05, 3.63) is 0 Å². The standard InChI is InChI=1S/C13H25NO/c1-9-7-6-8-11(14-9)10(2)12(15)13(3,4)5/h9-11,14H,6-8H2,1-5H3. The Labute approximate surface area is 93.8 Å². The van der Waals surface area contributed by atoms with Crippen LogP contribution in [0.3, 0.4) is 0 Å². The second-order valence-electron chi connectivity index (χ2n) is 6.01. The summed E-state index contributed by atoms with van der Waals surface area (Å²) in [6, 6.07) is 0.958. The fourth-order valence-electron chi connectivity index (χ4n) is 2.44. The fourth-order valence-corrected chi connectivity index (χ4v) is 2.44. The molecule has 0 radical (unpaired) electrons. The predicted molar refractivity (Wildman–Crippen MR) is 63.9 cm³/mol. The molecule has 1 saturated heterocycles. The van der Waals surface area contributed by atoms with Crippen molar-refractivity contribution < 1.29 is 4.79 Å². The second kappa shape index (κ2) is 4.65. The third kappa shape index (κ3) is 3.30. The van der Waals surface area contributed by atoms with Crippen molar-refractivity contribution in [2.75, 3.05) is 0 Å². The summed E-state index contributed by atoms with van der Waals surface area (Å²) in [4.78, 5) is 12.1. The SMILES string of the molecule is CC1CCCC(C(C)C(=O)C(C)(C)C)N1. The molecule has 1 aliphatic rings. The van der Waals surface area contributed by atoms with Gasteiger partial charge in [0, 0.05) is 23.4 Å². The van der Waals surface area contributed by atoms with E-state index < -0.39 is 0 Å². The molecule has 88 valence electrons. The van der Waals surface area contributed by atoms with Gasteiger partial charge in [-0.3, -0.25) is 4.79 Å². The zero-order chi connectivity index (χ0) is 11.6. The van der Waals surface area contributed by atoms with Crippen molar-refractivity contribution in [2.24, 2.45) is 11.3 Å². The number of hydrogen-bond donors (Lipinski definition) is 1. The van der Waals surface area contributed by atoms with Crippen LogP contribution in [0.5, 0.6) is 0 Å². The number of carbonyl (C=O) groups excluding carboxylic acids is 1. The van der Waals surface area contributed by atoms with E-state index in [9.17, 15) is 4.79 Å². The van der Waals surface area contributed by atoms with E-state index in [4.69, 9.17) is 0 Å². The Kier molecular flexibility index (Phi) is 3.93. The van der Waals surface area contributed by atoms with Gasteiger partial charge in [0.15, 0.2) is 0 Å². The Bertz CT molecular complexity index is 229. The molecule has 0 aromatic rings. The van der Waals surface area contributed by atoms with E-state index in [1.807, 2.05) is 20.8 Å². The molecule has 1 heterocycles. The van der Waals surface area contributed by atoms with Crippen LogP contribution in [0, 0.1) is 11.3 Å². The third-order valence-electron chi connectivity index (χ3n) is 3.41. The first-order chi connectivity index (χ1) is 6.82. The maximum absolute atomic E-state index is 12.1. The molecule has 1 aliphatic heterocycles. The van der Waals surface area contributed by atoms with Crippen LogP contribution in [-0.4, -0.2) is 17.9 Å². The molecule has 1 rings (SSSR count). The van der Waals surface area contributed by atoms with Gasteiger partial charge in [-0.1, -0.05) is 34.1 Å². The van der Waals surface area contributed by atoms with Gasteiger partial charge >= 0.3 is 0 Å². The Hall–Kier alpha value is -0.370. The maximum Gasteiger partial charge on any atom is 0.142 e. The monoisotopic (exact) mass is 211 g/mol. The lowest BCUT2D eigenvalue weighted by Gasteiger charge is -2.34. The summed E-state index contributed by atoms with van der Waals surface area (Å²) in [6.45, 7) is 10.3. The lowest BCUT2D eigenvalue weighted by Crippen LogP contribution is -2.48. The number of hydrogen-bond acceptors (Lipinski definition) is 2. The molecule has 0 aliphatic carbocycles. The van der Waals surface area contributed by atoms with Gasteiger partial charge in [-0.2, -0.15) is 0 Å². The Morgan fingerprint density at radius 2 is 1.93 bits per heavy atom. The van der Waals surface area contributed by atoms with Crippen LogP contribution in [0.1, 0.15) is 53.9 Å². The zero-order valence-electron chi connectivity index (χ0n) is 10.8. The summed E-state index contributed by atoms with van der Waals surface area (Å²) in [6.07, 6.45) is 3.64. The molecular formula is C13H25NO. The summed E-state index contributed by atoms with van der Waals surface area (Å²) in [5, 5.41) is 3.55. The topological polar surface area (TPSA) is 29.1 Å². The largest absolute Gasteiger partial charge is 0.311 e. The summed E-state index contributed by atoms with van der Waals surface area (Å²) in [5.74, 6) is 0.529. The molecule has 2 heteroatoms. The minimum Gasteiger partial charge on any atom is -0.311 e. The highest BCUT2D eigenvalue weighted by Gasteiger charge is 2.33. The lowest BCUT2D eigenvalue weighted by molar-refractivity contribution is -0.131. The molecule has 2 nitrogen and oxygen atoms in total. The fraction of sp³-hybridized carbons (Fsp3) is 0.923. The second-order valence-corrected chi connectivity index (χ2v) is 6.01. The van der Waals surface area contributed by atoms with Crippen LogP contribution in [0.25, 0.3) is 0 Å². The van der Waals surface area contributed by atoms with E-state index in [-0.39, 0.29) is 11.3 Å². The molecule has 0 spiro atoms. The van der Waals surface area contributed by atoms with E-state index in [0.717, 1.165) is 6.42 Å². The molecule has 0 amide bonds. The molecule has 0 saturated carbocycles. The maximum atomic E-state index is 12.1. The number of piperidine rings is 1. The number of Topliss-reactive ketones (excluding diaryl/α,β-unsaturated/α-hetero) is 1.